The molecule has 22 heavy (non-hydrogen) atoms. The van der Waals surface area contributed by atoms with Crippen LogP contribution in [0.4, 0.5) is 0 Å². The van der Waals surface area contributed by atoms with E-state index in [4.69, 9.17) is 12.2 Å². The van der Waals surface area contributed by atoms with Crippen LogP contribution in [0.1, 0.15) is 70.0 Å². The molecule has 1 aromatic rings. The molecule has 0 aromatic carbocycles. The first kappa shape index (κ1) is 17.8. The van der Waals surface area contributed by atoms with Crippen LogP contribution in [0.2, 0.25) is 0 Å². The summed E-state index contributed by atoms with van der Waals surface area (Å²) in [5, 5.41) is 5.09. The summed E-state index contributed by atoms with van der Waals surface area (Å²) in [5.41, 5.74) is 3.16. The number of rotatable bonds is 5. The van der Waals surface area contributed by atoms with Crippen molar-refractivity contribution < 1.29 is 4.79 Å². The highest BCUT2D eigenvalue weighted by Gasteiger charge is 2.35. The van der Waals surface area contributed by atoms with E-state index in [0.717, 1.165) is 20.9 Å². The molecule has 0 spiro atoms. The number of carbonyl (C=O) groups is 1. The molecule has 5 heteroatoms. The lowest BCUT2D eigenvalue weighted by atomic mass is 9.64. The molecule has 1 N–H and O–H groups in total. The Balaban J connectivity index is 2.12. The van der Waals surface area contributed by atoms with E-state index in [1.54, 1.807) is 5.57 Å². The third kappa shape index (κ3) is 3.87. The van der Waals surface area contributed by atoms with E-state index < -0.39 is 0 Å². The van der Waals surface area contributed by atoms with E-state index in [1.807, 2.05) is 5.38 Å². The molecule has 1 fully saturated rings. The van der Waals surface area contributed by atoms with Crippen LogP contribution in [-0.4, -0.2) is 11.4 Å². The average molecular weight is 356 g/mol. The van der Waals surface area contributed by atoms with Crippen LogP contribution in [0, 0.1) is 8.55 Å². The number of nitrogens with one attached hydrogen (secondary N) is 1. The van der Waals surface area contributed by atoms with Crippen molar-refractivity contribution in [2.45, 2.75) is 65.8 Å². The molecular weight excluding hydrogens is 330 g/mol. The molecular formula is C17H25NOS3. The third-order valence-corrected chi connectivity index (χ3v) is 7.32. The van der Waals surface area contributed by atoms with Crippen LogP contribution in [-0.2, 0) is 0 Å². The molecule has 1 heterocycles. The second-order valence-electron chi connectivity index (χ2n) is 7.14. The summed E-state index contributed by atoms with van der Waals surface area (Å²) in [6.45, 7) is 11.1. The van der Waals surface area contributed by atoms with Gasteiger partial charge in [0.1, 0.15) is 8.01 Å². The van der Waals surface area contributed by atoms with Crippen molar-refractivity contribution in [3.05, 3.63) is 24.5 Å². The molecule has 0 aliphatic heterocycles. The van der Waals surface area contributed by atoms with Crippen LogP contribution in [0.5, 0.6) is 0 Å². The Bertz CT molecular complexity index is 653. The molecule has 2 rings (SSSR count). The molecule has 1 atom stereocenters. The zero-order valence-corrected chi connectivity index (χ0v) is 16.5. The van der Waals surface area contributed by atoms with Gasteiger partial charge in [0.05, 0.1) is 0 Å². The highest BCUT2D eigenvalue weighted by atomic mass is 32.2. The van der Waals surface area contributed by atoms with Gasteiger partial charge >= 0.3 is 0 Å². The first-order chi connectivity index (χ1) is 10.2. The lowest BCUT2D eigenvalue weighted by Crippen LogP contribution is -2.46. The second-order valence-corrected chi connectivity index (χ2v) is 10.3. The summed E-state index contributed by atoms with van der Waals surface area (Å²) >= 11 is 7.98. The van der Waals surface area contributed by atoms with Gasteiger partial charge in [-0.1, -0.05) is 44.1 Å². The summed E-state index contributed by atoms with van der Waals surface area (Å²) < 4.78 is 0.804. The highest BCUT2D eigenvalue weighted by molar-refractivity contribution is 7.76. The maximum atomic E-state index is 12.4. The Hall–Kier alpha value is -0.520. The monoisotopic (exact) mass is 355 g/mol. The number of allylic oxidation sites excluding steroid dienone is 1. The van der Waals surface area contributed by atoms with Crippen molar-refractivity contribution in [1.82, 2.24) is 5.32 Å². The molecule has 122 valence electrons. The Kier molecular flexibility index (Phi) is 5.30. The van der Waals surface area contributed by atoms with Crippen molar-refractivity contribution in [2.75, 3.05) is 0 Å². The van der Waals surface area contributed by atoms with E-state index in [1.165, 1.54) is 41.1 Å². The molecule has 1 saturated carbocycles. The minimum Gasteiger partial charge on any atom is -0.346 e. The first-order valence-corrected chi connectivity index (χ1v) is 9.87. The van der Waals surface area contributed by atoms with Crippen molar-refractivity contribution >= 4 is 40.8 Å². The van der Waals surface area contributed by atoms with Crippen molar-refractivity contribution in [3.8, 4) is 0 Å². The van der Waals surface area contributed by atoms with Gasteiger partial charge in [-0.25, -0.2) is 0 Å². The van der Waals surface area contributed by atoms with Gasteiger partial charge in [-0.2, -0.15) is 0 Å². The molecule has 1 aliphatic rings. The number of hydrogen-bond acceptors (Lipinski definition) is 4. The summed E-state index contributed by atoms with van der Waals surface area (Å²) in [4.78, 5) is 13.2. The van der Waals surface area contributed by atoms with E-state index in [9.17, 15) is 4.79 Å². The van der Waals surface area contributed by atoms with Gasteiger partial charge in [0.25, 0.3) is 5.91 Å². The van der Waals surface area contributed by atoms with Gasteiger partial charge in [0.15, 0.2) is 0 Å². The number of hydrogen-bond donors (Lipinski definition) is 1. The van der Waals surface area contributed by atoms with Gasteiger partial charge in [-0.05, 0) is 44.9 Å². The maximum absolute atomic E-state index is 12.4. The normalized spacial score (nSPS) is 21.7. The van der Waals surface area contributed by atoms with Crippen LogP contribution in [0.3, 0.4) is 0 Å². The molecule has 1 aromatic heterocycles. The second kappa shape index (κ2) is 6.54. The van der Waals surface area contributed by atoms with E-state index in [-0.39, 0.29) is 11.4 Å². The standard InChI is InChI=1S/C17H25NOS3/c1-6-17(5,9-11(2)12-7-8-16(12,3)4)18-14(19)13-10-21-15(20)22-13/h10H,6-9H2,1-5H3,(H,18,19)/b12-11-. The third-order valence-electron chi connectivity index (χ3n) is 4.86. The summed E-state index contributed by atoms with van der Waals surface area (Å²) in [7, 11) is 0. The predicted molar refractivity (Wildman–Crippen MR) is 99.5 cm³/mol. The Morgan fingerprint density at radius 2 is 2.18 bits per heavy atom. The molecule has 1 amide bonds. The minimum atomic E-state index is -0.198. The van der Waals surface area contributed by atoms with Gasteiger partial charge in [0, 0.05) is 10.9 Å². The quantitative estimate of drug-likeness (QED) is 0.521. The molecule has 0 saturated heterocycles. The van der Waals surface area contributed by atoms with Gasteiger partial charge < -0.3 is 5.32 Å². The predicted octanol–water partition coefficient (Wildman–Crippen LogP) is 5.96. The zero-order chi connectivity index (χ0) is 16.5. The Morgan fingerprint density at radius 1 is 1.50 bits per heavy atom. The van der Waals surface area contributed by atoms with Gasteiger partial charge in [-0.3, -0.25) is 4.79 Å². The lowest BCUT2D eigenvalue weighted by Gasteiger charge is -2.42. The minimum absolute atomic E-state index is 0.00682. The lowest BCUT2D eigenvalue weighted by molar-refractivity contribution is 0.0907. The molecule has 0 bridgehead atoms. The molecule has 1 unspecified atom stereocenters. The largest absolute Gasteiger partial charge is 0.346 e. The summed E-state index contributed by atoms with van der Waals surface area (Å²) in [6.07, 6.45) is 4.31. The topological polar surface area (TPSA) is 29.1 Å². The summed E-state index contributed by atoms with van der Waals surface area (Å²) in [5.74, 6) is 0.00682. The first-order valence-electron chi connectivity index (χ1n) is 7.77. The fourth-order valence-corrected chi connectivity index (χ4v) is 5.16. The Morgan fingerprint density at radius 3 is 2.59 bits per heavy atom. The number of carbonyl (C=O) groups excluding carboxylic acids is 1. The molecule has 2 nitrogen and oxygen atoms in total. The van der Waals surface area contributed by atoms with Crippen LogP contribution in [0.15, 0.2) is 16.5 Å². The van der Waals surface area contributed by atoms with Gasteiger partial charge in [0.2, 0.25) is 0 Å². The Labute approximate surface area is 146 Å². The van der Waals surface area contributed by atoms with Crippen molar-refractivity contribution in [1.29, 1.82) is 0 Å². The highest BCUT2D eigenvalue weighted by Crippen LogP contribution is 2.48. The maximum Gasteiger partial charge on any atom is 0.262 e. The molecule has 1 aliphatic carbocycles. The van der Waals surface area contributed by atoms with Crippen molar-refractivity contribution in [2.24, 2.45) is 5.41 Å². The zero-order valence-electron chi connectivity index (χ0n) is 14.0. The number of amides is 1. The fraction of sp³-hybridized carbons (Fsp3) is 0.647. The van der Waals surface area contributed by atoms with Crippen LogP contribution >= 0.6 is 34.9 Å². The SMILES string of the molecule is CCC(C)(C/C(C)=C1/CCC1(C)C)NC(=O)c1csc(=S)s1. The van der Waals surface area contributed by atoms with E-state index >= 15 is 0 Å². The fourth-order valence-electron chi connectivity index (χ4n) is 3.17. The van der Waals surface area contributed by atoms with E-state index in [2.05, 4.69) is 39.9 Å². The summed E-state index contributed by atoms with van der Waals surface area (Å²) in [6, 6.07) is 0. The molecule has 0 radical (unpaired) electrons. The average Bonchev–Trinajstić information content (AvgIpc) is 2.84. The smallest absolute Gasteiger partial charge is 0.262 e. The van der Waals surface area contributed by atoms with E-state index in [0.29, 0.717) is 5.41 Å². The van der Waals surface area contributed by atoms with Crippen LogP contribution in [0.25, 0.3) is 0 Å². The van der Waals surface area contributed by atoms with Crippen molar-refractivity contribution in [3.63, 3.8) is 0 Å². The van der Waals surface area contributed by atoms with Gasteiger partial charge in [-0.15, -0.1) is 22.7 Å². The van der Waals surface area contributed by atoms with Crippen LogP contribution < -0.4 is 5.32 Å².